The second kappa shape index (κ2) is 12.0. The number of anilines is 1. The summed E-state index contributed by atoms with van der Waals surface area (Å²) in [5.41, 5.74) is 1.35. The van der Waals surface area contributed by atoms with Crippen LogP contribution in [0.15, 0.2) is 53.0 Å². The maximum atomic E-state index is 13.1. The summed E-state index contributed by atoms with van der Waals surface area (Å²) in [6.07, 6.45) is 1.51. The fraction of sp³-hybridized carbons (Fsp3) is 0.391. The van der Waals surface area contributed by atoms with Gasteiger partial charge in [0.15, 0.2) is 0 Å². The smallest absolute Gasteiger partial charge is 0.242 e. The van der Waals surface area contributed by atoms with Crippen molar-refractivity contribution in [2.24, 2.45) is 0 Å². The number of nitrogens with one attached hydrogen (secondary N) is 1. The summed E-state index contributed by atoms with van der Waals surface area (Å²) in [6.45, 7) is 2.07. The topological polar surface area (TPSA) is 96.0 Å². The molecule has 0 unspecified atom stereocenters. The van der Waals surface area contributed by atoms with Crippen molar-refractivity contribution < 1.29 is 22.7 Å². The standard InChI is InChI=1S/C23H30BrN3O5S/c1-17(23(29)25-2)26(16-18-10-12-19(24)13-11-18)22(28)9-6-14-27(33(4,30)31)20-7-5-8-21(15-20)32-3/h5,7-8,10-13,15,17H,6,9,14,16H2,1-4H3,(H,25,29)/t17-/m0/s1. The zero-order valence-electron chi connectivity index (χ0n) is 19.2. The number of likely N-dealkylation sites (N-methyl/N-ethyl adjacent to an activating group) is 1. The second-order valence-electron chi connectivity index (χ2n) is 7.58. The number of halogens is 1. The lowest BCUT2D eigenvalue weighted by Crippen LogP contribution is -2.46. The summed E-state index contributed by atoms with van der Waals surface area (Å²) in [7, 11) is -0.526. The molecule has 1 N–H and O–H groups in total. The van der Waals surface area contributed by atoms with Crippen LogP contribution in [-0.2, 0) is 26.2 Å². The molecule has 8 nitrogen and oxygen atoms in total. The van der Waals surface area contributed by atoms with Crippen molar-refractivity contribution >= 4 is 43.5 Å². The van der Waals surface area contributed by atoms with Crippen LogP contribution in [0.2, 0.25) is 0 Å². The number of rotatable bonds is 11. The number of carbonyl (C=O) groups is 2. The highest BCUT2D eigenvalue weighted by molar-refractivity contribution is 9.10. The van der Waals surface area contributed by atoms with Crippen molar-refractivity contribution in [3.8, 4) is 5.75 Å². The summed E-state index contributed by atoms with van der Waals surface area (Å²) in [5, 5.41) is 2.58. The quantitative estimate of drug-likeness (QED) is 0.473. The van der Waals surface area contributed by atoms with Gasteiger partial charge in [-0.25, -0.2) is 8.42 Å². The Morgan fingerprint density at radius 1 is 1.15 bits per heavy atom. The normalized spacial score (nSPS) is 12.0. The molecular weight excluding hydrogens is 510 g/mol. The number of sulfonamides is 1. The Morgan fingerprint density at radius 2 is 1.82 bits per heavy atom. The third kappa shape index (κ3) is 7.75. The molecule has 0 saturated carbocycles. The highest BCUT2D eigenvalue weighted by atomic mass is 79.9. The molecule has 10 heteroatoms. The largest absolute Gasteiger partial charge is 0.497 e. The van der Waals surface area contributed by atoms with E-state index in [9.17, 15) is 18.0 Å². The molecule has 2 rings (SSSR count). The van der Waals surface area contributed by atoms with E-state index in [1.807, 2.05) is 24.3 Å². The van der Waals surface area contributed by atoms with Gasteiger partial charge in [0.25, 0.3) is 0 Å². The van der Waals surface area contributed by atoms with E-state index >= 15 is 0 Å². The van der Waals surface area contributed by atoms with Gasteiger partial charge >= 0.3 is 0 Å². The first-order valence-electron chi connectivity index (χ1n) is 10.4. The van der Waals surface area contributed by atoms with Crippen LogP contribution in [-0.4, -0.2) is 58.1 Å². The molecule has 0 fully saturated rings. The fourth-order valence-electron chi connectivity index (χ4n) is 3.35. The van der Waals surface area contributed by atoms with Crippen LogP contribution in [0.5, 0.6) is 5.75 Å². The summed E-state index contributed by atoms with van der Waals surface area (Å²) in [5.74, 6) is 0.0417. The Bertz CT molecular complexity index is 1060. The Balaban J connectivity index is 2.14. The van der Waals surface area contributed by atoms with Crippen molar-refractivity contribution in [3.05, 3.63) is 58.6 Å². The van der Waals surface area contributed by atoms with Gasteiger partial charge in [-0.15, -0.1) is 0 Å². The predicted molar refractivity (Wildman–Crippen MR) is 133 cm³/mol. The Hall–Kier alpha value is -2.59. The monoisotopic (exact) mass is 539 g/mol. The van der Waals surface area contributed by atoms with Gasteiger partial charge in [-0.1, -0.05) is 34.1 Å². The number of nitrogens with zero attached hydrogens (tertiary/aromatic N) is 2. The van der Waals surface area contributed by atoms with E-state index in [4.69, 9.17) is 4.74 Å². The number of hydrogen-bond donors (Lipinski definition) is 1. The lowest BCUT2D eigenvalue weighted by Gasteiger charge is -2.29. The molecule has 0 aliphatic carbocycles. The minimum absolute atomic E-state index is 0.0911. The first-order chi connectivity index (χ1) is 15.6. The van der Waals surface area contributed by atoms with Gasteiger partial charge in [0.05, 0.1) is 19.1 Å². The molecule has 0 bridgehead atoms. The highest BCUT2D eigenvalue weighted by Crippen LogP contribution is 2.24. The van der Waals surface area contributed by atoms with Crippen LogP contribution in [0.25, 0.3) is 0 Å². The third-order valence-electron chi connectivity index (χ3n) is 5.17. The zero-order chi connectivity index (χ0) is 24.6. The highest BCUT2D eigenvalue weighted by Gasteiger charge is 2.26. The van der Waals surface area contributed by atoms with Gasteiger partial charge in [-0.3, -0.25) is 13.9 Å². The number of methoxy groups -OCH3 is 1. The SMILES string of the molecule is CNC(=O)[C@H](C)N(Cc1ccc(Br)cc1)C(=O)CCCN(c1cccc(OC)c1)S(C)(=O)=O. The van der Waals surface area contributed by atoms with Crippen LogP contribution >= 0.6 is 15.9 Å². The molecule has 0 aliphatic heterocycles. The number of ether oxygens (including phenoxy) is 1. The lowest BCUT2D eigenvalue weighted by molar-refractivity contribution is -0.140. The van der Waals surface area contributed by atoms with Crippen molar-refractivity contribution in [3.63, 3.8) is 0 Å². The molecule has 0 saturated heterocycles. The number of benzene rings is 2. The summed E-state index contributed by atoms with van der Waals surface area (Å²) < 4.78 is 32.1. The van der Waals surface area contributed by atoms with E-state index < -0.39 is 16.1 Å². The van der Waals surface area contributed by atoms with Gasteiger partial charge in [0, 0.05) is 37.1 Å². The molecule has 2 aromatic rings. The van der Waals surface area contributed by atoms with E-state index in [0.29, 0.717) is 17.9 Å². The molecule has 0 spiro atoms. The second-order valence-corrected chi connectivity index (χ2v) is 10.4. The Morgan fingerprint density at radius 3 is 2.39 bits per heavy atom. The number of hydrogen-bond acceptors (Lipinski definition) is 5. The van der Waals surface area contributed by atoms with E-state index in [1.165, 1.54) is 23.4 Å². The maximum Gasteiger partial charge on any atom is 0.242 e. The molecule has 0 aromatic heterocycles. The summed E-state index contributed by atoms with van der Waals surface area (Å²) in [4.78, 5) is 26.9. The van der Waals surface area contributed by atoms with Crippen LogP contribution in [0.1, 0.15) is 25.3 Å². The third-order valence-corrected chi connectivity index (χ3v) is 6.90. The fourth-order valence-corrected chi connectivity index (χ4v) is 4.57. The average Bonchev–Trinajstić information content (AvgIpc) is 2.79. The lowest BCUT2D eigenvalue weighted by atomic mass is 10.1. The van der Waals surface area contributed by atoms with Crippen LogP contribution < -0.4 is 14.4 Å². The van der Waals surface area contributed by atoms with E-state index in [0.717, 1.165) is 16.3 Å². The molecule has 0 aliphatic rings. The minimum Gasteiger partial charge on any atom is -0.497 e. The van der Waals surface area contributed by atoms with E-state index in [2.05, 4.69) is 21.2 Å². The maximum absolute atomic E-state index is 13.1. The molecule has 0 heterocycles. The zero-order valence-corrected chi connectivity index (χ0v) is 21.6. The van der Waals surface area contributed by atoms with Gasteiger partial charge in [0.1, 0.15) is 11.8 Å². The van der Waals surface area contributed by atoms with E-state index in [1.54, 1.807) is 31.2 Å². The molecule has 180 valence electrons. The molecule has 2 amide bonds. The molecule has 1 atom stereocenters. The molecule has 0 radical (unpaired) electrons. The van der Waals surface area contributed by atoms with Crippen molar-refractivity contribution in [1.29, 1.82) is 0 Å². The molecule has 33 heavy (non-hydrogen) atoms. The van der Waals surface area contributed by atoms with Crippen molar-refractivity contribution in [2.75, 3.05) is 31.3 Å². The minimum atomic E-state index is -3.56. The van der Waals surface area contributed by atoms with E-state index in [-0.39, 0.29) is 31.3 Å². The summed E-state index contributed by atoms with van der Waals surface area (Å²) in [6, 6.07) is 13.6. The van der Waals surface area contributed by atoms with Crippen molar-refractivity contribution in [1.82, 2.24) is 10.2 Å². The predicted octanol–water partition coefficient (Wildman–Crippen LogP) is 3.17. The van der Waals surface area contributed by atoms with Crippen LogP contribution in [0, 0.1) is 0 Å². The van der Waals surface area contributed by atoms with Gasteiger partial charge < -0.3 is 15.0 Å². The van der Waals surface area contributed by atoms with Crippen molar-refractivity contribution in [2.45, 2.75) is 32.4 Å². The first kappa shape index (κ1) is 26.7. The Labute approximate surface area is 204 Å². The van der Waals surface area contributed by atoms with Gasteiger partial charge in [-0.2, -0.15) is 0 Å². The average molecular weight is 540 g/mol. The first-order valence-corrected chi connectivity index (χ1v) is 13.1. The number of amides is 2. The van der Waals surface area contributed by atoms with Crippen LogP contribution in [0.3, 0.4) is 0 Å². The Kier molecular flexibility index (Phi) is 9.72. The van der Waals surface area contributed by atoms with Gasteiger partial charge in [-0.05, 0) is 43.2 Å². The summed E-state index contributed by atoms with van der Waals surface area (Å²) >= 11 is 3.39. The van der Waals surface area contributed by atoms with Crippen LogP contribution in [0.4, 0.5) is 5.69 Å². The molecular formula is C23H30BrN3O5S. The van der Waals surface area contributed by atoms with Gasteiger partial charge in [0.2, 0.25) is 21.8 Å². The number of carbonyl (C=O) groups excluding carboxylic acids is 2. The molecule has 2 aromatic carbocycles.